The van der Waals surface area contributed by atoms with E-state index in [2.05, 4.69) is 32.9 Å². The van der Waals surface area contributed by atoms with Crippen LogP contribution in [0.25, 0.3) is 11.1 Å². The predicted molar refractivity (Wildman–Crippen MR) is 85.3 cm³/mol. The van der Waals surface area contributed by atoms with E-state index in [1.54, 1.807) is 0 Å². The van der Waals surface area contributed by atoms with Crippen LogP contribution in [0.15, 0.2) is 36.4 Å². The predicted octanol–water partition coefficient (Wildman–Crippen LogP) is 3.75. The Bertz CT molecular complexity index is 657. The number of carbonyl (C=O) groups is 1. The highest BCUT2D eigenvalue weighted by Crippen LogP contribution is 2.32. The first-order chi connectivity index (χ1) is 9.90. The van der Waals surface area contributed by atoms with Crippen molar-refractivity contribution in [3.8, 4) is 11.1 Å². The summed E-state index contributed by atoms with van der Waals surface area (Å²) in [5.74, 6) is -0.878. The van der Waals surface area contributed by atoms with E-state index >= 15 is 0 Å². The van der Waals surface area contributed by atoms with Gasteiger partial charge in [0.2, 0.25) is 0 Å². The number of benzene rings is 2. The molecule has 0 saturated carbocycles. The minimum atomic E-state index is -0.878. The van der Waals surface area contributed by atoms with Crippen molar-refractivity contribution in [2.24, 2.45) is 5.73 Å². The van der Waals surface area contributed by atoms with Crippen LogP contribution in [-0.2, 0) is 4.79 Å². The van der Waals surface area contributed by atoms with Crippen molar-refractivity contribution in [2.75, 3.05) is 0 Å². The smallest absolute Gasteiger partial charge is 0.305 e. The fraction of sp³-hybridized carbons (Fsp3) is 0.278. The molecule has 2 aromatic carbocycles. The van der Waals surface area contributed by atoms with Gasteiger partial charge in [-0.25, -0.2) is 0 Å². The molecule has 21 heavy (non-hydrogen) atoms. The van der Waals surface area contributed by atoms with Crippen LogP contribution in [0.1, 0.15) is 34.7 Å². The molecule has 2 rings (SSSR count). The molecule has 0 aliphatic carbocycles. The second kappa shape index (κ2) is 6.10. The van der Waals surface area contributed by atoms with E-state index in [9.17, 15) is 4.79 Å². The van der Waals surface area contributed by atoms with Crippen molar-refractivity contribution >= 4 is 5.97 Å². The third kappa shape index (κ3) is 3.31. The molecular formula is C18H21NO2. The number of aliphatic carboxylic acids is 1. The lowest BCUT2D eigenvalue weighted by atomic mass is 9.90. The molecule has 3 heteroatoms. The van der Waals surface area contributed by atoms with Gasteiger partial charge in [-0.1, -0.05) is 30.3 Å². The van der Waals surface area contributed by atoms with Crippen LogP contribution >= 0.6 is 0 Å². The first-order valence-corrected chi connectivity index (χ1v) is 7.04. The van der Waals surface area contributed by atoms with Crippen LogP contribution in [0.3, 0.4) is 0 Å². The number of rotatable bonds is 4. The molecule has 0 bridgehead atoms. The molecule has 1 atom stereocenters. The molecule has 0 fully saturated rings. The first-order valence-electron chi connectivity index (χ1n) is 7.04. The van der Waals surface area contributed by atoms with Gasteiger partial charge in [-0.2, -0.15) is 0 Å². The molecule has 0 aliphatic rings. The van der Waals surface area contributed by atoms with Gasteiger partial charge in [0.05, 0.1) is 6.42 Å². The van der Waals surface area contributed by atoms with Gasteiger partial charge >= 0.3 is 5.97 Å². The highest BCUT2D eigenvalue weighted by atomic mass is 16.4. The van der Waals surface area contributed by atoms with Gasteiger partial charge in [0.1, 0.15) is 0 Å². The molecule has 0 amide bonds. The standard InChI is InChI=1S/C18H21NO2/c1-11-7-8-14(16(19)10-17(20)21)9-15(11)18-12(2)5-4-6-13(18)3/h4-9,16H,10,19H2,1-3H3,(H,20,21)/t16-/m0/s1. The van der Waals surface area contributed by atoms with Gasteiger partial charge in [0.25, 0.3) is 0 Å². The summed E-state index contributed by atoms with van der Waals surface area (Å²) in [6.45, 7) is 6.24. The summed E-state index contributed by atoms with van der Waals surface area (Å²) in [7, 11) is 0. The third-order valence-electron chi connectivity index (χ3n) is 3.83. The minimum absolute atomic E-state index is 0.0603. The summed E-state index contributed by atoms with van der Waals surface area (Å²) >= 11 is 0. The Morgan fingerprint density at radius 3 is 2.29 bits per heavy atom. The van der Waals surface area contributed by atoms with Crippen molar-refractivity contribution in [3.05, 3.63) is 58.7 Å². The van der Waals surface area contributed by atoms with Crippen molar-refractivity contribution in [1.29, 1.82) is 0 Å². The molecule has 0 unspecified atom stereocenters. The summed E-state index contributed by atoms with van der Waals surface area (Å²) in [5, 5.41) is 8.89. The molecule has 3 nitrogen and oxygen atoms in total. The van der Waals surface area contributed by atoms with Crippen molar-refractivity contribution in [3.63, 3.8) is 0 Å². The molecule has 0 spiro atoms. The van der Waals surface area contributed by atoms with E-state index < -0.39 is 12.0 Å². The molecule has 2 aromatic rings. The zero-order valence-corrected chi connectivity index (χ0v) is 12.7. The van der Waals surface area contributed by atoms with Gasteiger partial charge in [-0.3, -0.25) is 4.79 Å². The van der Waals surface area contributed by atoms with Crippen LogP contribution in [-0.4, -0.2) is 11.1 Å². The highest BCUT2D eigenvalue weighted by Gasteiger charge is 2.14. The Balaban J connectivity index is 2.52. The minimum Gasteiger partial charge on any atom is -0.481 e. The summed E-state index contributed by atoms with van der Waals surface area (Å²) in [5.41, 5.74) is 12.8. The van der Waals surface area contributed by atoms with Crippen LogP contribution in [0.2, 0.25) is 0 Å². The maximum absolute atomic E-state index is 10.8. The normalized spacial score (nSPS) is 12.2. The molecule has 0 saturated heterocycles. The van der Waals surface area contributed by atoms with Crippen molar-refractivity contribution in [1.82, 2.24) is 0 Å². The van der Waals surface area contributed by atoms with Gasteiger partial charge < -0.3 is 10.8 Å². The van der Waals surface area contributed by atoms with Crippen LogP contribution in [0.4, 0.5) is 0 Å². The number of carboxylic acids is 1. The Morgan fingerprint density at radius 2 is 1.71 bits per heavy atom. The van der Waals surface area contributed by atoms with Crippen LogP contribution < -0.4 is 5.73 Å². The fourth-order valence-corrected chi connectivity index (χ4v) is 2.68. The molecule has 0 aliphatic heterocycles. The lowest BCUT2D eigenvalue weighted by molar-refractivity contribution is -0.137. The number of hydrogen-bond donors (Lipinski definition) is 2. The zero-order valence-electron chi connectivity index (χ0n) is 12.7. The average molecular weight is 283 g/mol. The van der Waals surface area contributed by atoms with Crippen molar-refractivity contribution in [2.45, 2.75) is 33.2 Å². The topological polar surface area (TPSA) is 63.3 Å². The summed E-state index contributed by atoms with van der Waals surface area (Å²) in [6.07, 6.45) is -0.0603. The van der Waals surface area contributed by atoms with Gasteiger partial charge in [0.15, 0.2) is 0 Å². The van der Waals surface area contributed by atoms with E-state index in [4.69, 9.17) is 10.8 Å². The average Bonchev–Trinajstić information content (AvgIpc) is 2.39. The van der Waals surface area contributed by atoms with Gasteiger partial charge in [-0.15, -0.1) is 0 Å². The Labute approximate surface area is 125 Å². The fourth-order valence-electron chi connectivity index (χ4n) is 2.68. The zero-order chi connectivity index (χ0) is 15.6. The largest absolute Gasteiger partial charge is 0.481 e. The summed E-state index contributed by atoms with van der Waals surface area (Å²) < 4.78 is 0. The van der Waals surface area contributed by atoms with Crippen LogP contribution in [0.5, 0.6) is 0 Å². The number of nitrogens with two attached hydrogens (primary N) is 1. The molecular weight excluding hydrogens is 262 g/mol. The highest BCUT2D eigenvalue weighted by molar-refractivity contribution is 5.74. The molecule has 0 heterocycles. The number of hydrogen-bond acceptors (Lipinski definition) is 2. The molecule has 0 radical (unpaired) electrons. The van der Waals surface area contributed by atoms with E-state index in [1.807, 2.05) is 24.3 Å². The second-order valence-corrected chi connectivity index (χ2v) is 5.55. The SMILES string of the molecule is Cc1ccc([C@@H](N)CC(=O)O)cc1-c1c(C)cccc1C. The lowest BCUT2D eigenvalue weighted by Crippen LogP contribution is -2.15. The lowest BCUT2D eigenvalue weighted by Gasteiger charge is -2.16. The van der Waals surface area contributed by atoms with Crippen LogP contribution in [0, 0.1) is 20.8 Å². The number of carboxylic acid groups (broad SMARTS) is 1. The molecule has 3 N–H and O–H groups in total. The van der Waals surface area contributed by atoms with E-state index in [0.717, 1.165) is 11.1 Å². The molecule has 110 valence electrons. The van der Waals surface area contributed by atoms with E-state index in [-0.39, 0.29) is 6.42 Å². The quantitative estimate of drug-likeness (QED) is 0.898. The third-order valence-corrected chi connectivity index (χ3v) is 3.83. The maximum Gasteiger partial charge on any atom is 0.305 e. The van der Waals surface area contributed by atoms with E-state index in [0.29, 0.717) is 0 Å². The Kier molecular flexibility index (Phi) is 4.43. The van der Waals surface area contributed by atoms with Gasteiger partial charge in [-0.05, 0) is 60.2 Å². The summed E-state index contributed by atoms with van der Waals surface area (Å²) in [4.78, 5) is 10.8. The van der Waals surface area contributed by atoms with Gasteiger partial charge in [0, 0.05) is 6.04 Å². The first kappa shape index (κ1) is 15.3. The Hall–Kier alpha value is -2.13. The summed E-state index contributed by atoms with van der Waals surface area (Å²) in [6, 6.07) is 11.7. The molecule has 0 aromatic heterocycles. The van der Waals surface area contributed by atoms with Crippen molar-refractivity contribution < 1.29 is 9.90 Å². The Morgan fingerprint density at radius 1 is 1.10 bits per heavy atom. The maximum atomic E-state index is 10.8. The number of aryl methyl sites for hydroxylation is 3. The van der Waals surface area contributed by atoms with E-state index in [1.165, 1.54) is 22.3 Å². The second-order valence-electron chi connectivity index (χ2n) is 5.55. The monoisotopic (exact) mass is 283 g/mol.